The van der Waals surface area contributed by atoms with Gasteiger partial charge in [-0.05, 0) is 0 Å². The van der Waals surface area contributed by atoms with Gasteiger partial charge in [0.1, 0.15) is 6.10 Å². The van der Waals surface area contributed by atoms with E-state index in [2.05, 4.69) is 22.3 Å². The number of hydrogen-bond acceptors (Lipinski definition) is 6. The number of hydrogen-bond donors (Lipinski definition) is 4. The van der Waals surface area contributed by atoms with Gasteiger partial charge in [0.05, 0.1) is 19.3 Å². The quantitative estimate of drug-likeness (QED) is 0.324. The summed E-state index contributed by atoms with van der Waals surface area (Å²) in [6, 6.07) is 0. The third-order valence-electron chi connectivity index (χ3n) is 2.28. The maximum atomic E-state index is 10.7. The van der Waals surface area contributed by atoms with Crippen molar-refractivity contribution in [2.75, 3.05) is 26.2 Å². The van der Waals surface area contributed by atoms with Gasteiger partial charge in [0.15, 0.2) is 0 Å². The lowest BCUT2D eigenvalue weighted by Gasteiger charge is -2.24. The number of carbonyl (C=O) groups is 1. The summed E-state index contributed by atoms with van der Waals surface area (Å²) in [6.45, 7) is 3.13. The van der Waals surface area contributed by atoms with Crippen LogP contribution in [-0.2, 0) is 9.47 Å². The molecule has 2 aliphatic heterocycles. The number of carbonyl (C=O) groups excluding carboxylic acids is 1. The first-order chi connectivity index (χ1) is 7.34. The molecule has 1 amide bonds. The summed E-state index contributed by atoms with van der Waals surface area (Å²) in [6.07, 6.45) is 0.642. The summed E-state index contributed by atoms with van der Waals surface area (Å²) < 4.78 is 10.5. The number of cyclic esters (lactones) is 1. The van der Waals surface area contributed by atoms with Crippen LogP contribution in [0.5, 0.6) is 0 Å². The van der Waals surface area contributed by atoms with Crippen LogP contribution in [0.2, 0.25) is 0 Å². The molecule has 6 N–H and O–H groups in total. The lowest BCUT2D eigenvalue weighted by Crippen LogP contribution is -2.40. The van der Waals surface area contributed by atoms with Crippen LogP contribution in [0, 0.1) is 0 Å². The van der Waals surface area contributed by atoms with E-state index in [0.717, 1.165) is 26.1 Å². The van der Waals surface area contributed by atoms with Crippen LogP contribution >= 0.6 is 0 Å². The minimum Gasteiger partial charge on any atom is -0.444 e. The number of alkyl carbamates (subject to hydrolysis) is 1. The molecule has 7 heteroatoms. The molecule has 2 saturated heterocycles. The van der Waals surface area contributed by atoms with Crippen molar-refractivity contribution in [2.24, 2.45) is 11.7 Å². The van der Waals surface area contributed by atoms with E-state index in [-0.39, 0.29) is 18.3 Å². The SMILES string of the molecule is NN.O=C1NCC(CC2CNCCO2)O1. The summed E-state index contributed by atoms with van der Waals surface area (Å²) in [5.74, 6) is 8.00. The molecule has 15 heavy (non-hydrogen) atoms. The van der Waals surface area contributed by atoms with Crippen LogP contribution in [0.3, 0.4) is 0 Å². The second-order valence-corrected chi connectivity index (χ2v) is 3.34. The first-order valence-electron chi connectivity index (χ1n) is 4.95. The van der Waals surface area contributed by atoms with Crippen LogP contribution in [0.15, 0.2) is 0 Å². The van der Waals surface area contributed by atoms with Crippen molar-refractivity contribution in [3.8, 4) is 0 Å². The van der Waals surface area contributed by atoms with Crippen molar-refractivity contribution < 1.29 is 14.3 Å². The Morgan fingerprint density at radius 2 is 2.13 bits per heavy atom. The first kappa shape index (κ1) is 12.2. The van der Waals surface area contributed by atoms with Crippen LogP contribution in [0.1, 0.15) is 6.42 Å². The van der Waals surface area contributed by atoms with Gasteiger partial charge in [-0.15, -0.1) is 0 Å². The van der Waals surface area contributed by atoms with Gasteiger partial charge in [-0.1, -0.05) is 0 Å². The zero-order chi connectivity index (χ0) is 11.1. The molecular weight excluding hydrogens is 200 g/mol. The average molecular weight is 218 g/mol. The maximum absolute atomic E-state index is 10.7. The van der Waals surface area contributed by atoms with Crippen molar-refractivity contribution in [3.05, 3.63) is 0 Å². The molecular formula is C8H18N4O3. The largest absolute Gasteiger partial charge is 0.444 e. The Morgan fingerprint density at radius 1 is 1.33 bits per heavy atom. The molecule has 7 nitrogen and oxygen atoms in total. The highest BCUT2D eigenvalue weighted by Gasteiger charge is 2.26. The Bertz CT molecular complexity index is 196. The zero-order valence-corrected chi connectivity index (χ0v) is 8.57. The molecule has 88 valence electrons. The fraction of sp³-hybridized carbons (Fsp3) is 0.875. The Kier molecular flexibility index (Phi) is 5.33. The monoisotopic (exact) mass is 218 g/mol. The second-order valence-electron chi connectivity index (χ2n) is 3.34. The predicted octanol–water partition coefficient (Wildman–Crippen LogP) is -1.71. The minimum atomic E-state index is -0.311. The third kappa shape index (κ3) is 4.00. The van der Waals surface area contributed by atoms with Gasteiger partial charge in [-0.25, -0.2) is 4.79 Å². The summed E-state index contributed by atoms with van der Waals surface area (Å²) in [4.78, 5) is 10.7. The molecule has 2 fully saturated rings. The van der Waals surface area contributed by atoms with Gasteiger partial charge in [0.2, 0.25) is 0 Å². The molecule has 2 rings (SSSR count). The number of amides is 1. The van der Waals surface area contributed by atoms with E-state index >= 15 is 0 Å². The second kappa shape index (κ2) is 6.57. The molecule has 0 radical (unpaired) electrons. The van der Waals surface area contributed by atoms with Crippen molar-refractivity contribution in [3.63, 3.8) is 0 Å². The van der Waals surface area contributed by atoms with Crippen molar-refractivity contribution in [1.82, 2.24) is 10.6 Å². The first-order valence-corrected chi connectivity index (χ1v) is 4.95. The fourth-order valence-corrected chi connectivity index (χ4v) is 1.63. The fourth-order valence-electron chi connectivity index (χ4n) is 1.63. The Hall–Kier alpha value is -0.890. The number of nitrogens with one attached hydrogen (secondary N) is 2. The van der Waals surface area contributed by atoms with E-state index in [0.29, 0.717) is 6.54 Å². The molecule has 0 aromatic rings. The predicted molar refractivity (Wildman–Crippen MR) is 53.9 cm³/mol. The Morgan fingerprint density at radius 3 is 2.67 bits per heavy atom. The molecule has 0 aromatic heterocycles. The van der Waals surface area contributed by atoms with Crippen LogP contribution in [-0.4, -0.2) is 44.5 Å². The Balaban J connectivity index is 0.000000531. The molecule has 0 spiro atoms. The molecule has 2 atom stereocenters. The van der Waals surface area contributed by atoms with Gasteiger partial charge in [-0.3, -0.25) is 11.7 Å². The van der Waals surface area contributed by atoms with Crippen molar-refractivity contribution >= 4 is 6.09 Å². The molecule has 0 aliphatic carbocycles. The van der Waals surface area contributed by atoms with E-state index in [4.69, 9.17) is 9.47 Å². The number of nitrogens with two attached hydrogens (primary N) is 2. The van der Waals surface area contributed by atoms with Gasteiger partial charge in [0.25, 0.3) is 0 Å². The van der Waals surface area contributed by atoms with Crippen LogP contribution in [0.25, 0.3) is 0 Å². The number of hydrazine groups is 1. The van der Waals surface area contributed by atoms with E-state index in [1.165, 1.54) is 0 Å². The molecule has 0 bridgehead atoms. The highest BCUT2D eigenvalue weighted by atomic mass is 16.6. The van der Waals surface area contributed by atoms with E-state index in [1.54, 1.807) is 0 Å². The number of morpholine rings is 1. The van der Waals surface area contributed by atoms with Crippen LogP contribution < -0.4 is 22.3 Å². The lowest BCUT2D eigenvalue weighted by molar-refractivity contribution is 0.000414. The van der Waals surface area contributed by atoms with Gasteiger partial charge in [-0.2, -0.15) is 0 Å². The molecule has 0 aromatic carbocycles. The molecule has 2 heterocycles. The van der Waals surface area contributed by atoms with Crippen molar-refractivity contribution in [2.45, 2.75) is 18.6 Å². The van der Waals surface area contributed by atoms with Crippen molar-refractivity contribution in [1.29, 1.82) is 0 Å². The van der Waals surface area contributed by atoms with Gasteiger partial charge >= 0.3 is 6.09 Å². The molecule has 2 unspecified atom stereocenters. The summed E-state index contributed by atoms with van der Waals surface area (Å²) in [5, 5.41) is 5.86. The number of rotatable bonds is 2. The molecule has 2 aliphatic rings. The summed E-state index contributed by atoms with van der Waals surface area (Å²) >= 11 is 0. The average Bonchev–Trinajstić information content (AvgIpc) is 2.68. The van der Waals surface area contributed by atoms with E-state index < -0.39 is 0 Å². The number of ether oxygens (including phenoxy) is 2. The lowest BCUT2D eigenvalue weighted by atomic mass is 10.1. The summed E-state index contributed by atoms with van der Waals surface area (Å²) in [5.41, 5.74) is 0. The molecule has 0 saturated carbocycles. The smallest absolute Gasteiger partial charge is 0.407 e. The summed E-state index contributed by atoms with van der Waals surface area (Å²) in [7, 11) is 0. The highest BCUT2D eigenvalue weighted by Crippen LogP contribution is 2.11. The maximum Gasteiger partial charge on any atom is 0.407 e. The van der Waals surface area contributed by atoms with E-state index in [1.807, 2.05) is 0 Å². The van der Waals surface area contributed by atoms with Crippen LogP contribution in [0.4, 0.5) is 4.79 Å². The Labute approximate surface area is 88.4 Å². The normalized spacial score (nSPS) is 29.9. The van der Waals surface area contributed by atoms with E-state index in [9.17, 15) is 4.79 Å². The standard InChI is InChI=1S/C8H14N2O3.H4N2/c11-8-10-5-7(13-8)3-6-4-9-1-2-12-6;1-2/h6-7,9H,1-5H2,(H,10,11);1-2H2. The third-order valence-corrected chi connectivity index (χ3v) is 2.28. The highest BCUT2D eigenvalue weighted by molar-refractivity contribution is 5.69. The minimum absolute atomic E-state index is 0.0163. The van der Waals surface area contributed by atoms with Gasteiger partial charge < -0.3 is 20.1 Å². The van der Waals surface area contributed by atoms with Gasteiger partial charge in [0, 0.05) is 19.5 Å². The zero-order valence-electron chi connectivity index (χ0n) is 8.57. The topological polar surface area (TPSA) is 112 Å².